The van der Waals surface area contributed by atoms with Crippen molar-refractivity contribution < 1.29 is 19.0 Å². The van der Waals surface area contributed by atoms with E-state index in [4.69, 9.17) is 14.2 Å². The van der Waals surface area contributed by atoms with Crippen molar-refractivity contribution in [3.05, 3.63) is 35.9 Å². The third-order valence-corrected chi connectivity index (χ3v) is 2.96. The van der Waals surface area contributed by atoms with E-state index >= 15 is 0 Å². The van der Waals surface area contributed by atoms with E-state index in [0.717, 1.165) is 25.0 Å². The fourth-order valence-corrected chi connectivity index (χ4v) is 1.92. The summed E-state index contributed by atoms with van der Waals surface area (Å²) in [5.41, 5.74) is 1.01. The number of benzene rings is 1. The van der Waals surface area contributed by atoms with Crippen LogP contribution in [0, 0.1) is 0 Å². The van der Waals surface area contributed by atoms with E-state index in [1.807, 2.05) is 30.3 Å². The minimum atomic E-state index is -0.181. The van der Waals surface area contributed by atoms with Gasteiger partial charge >= 0.3 is 5.97 Å². The Labute approximate surface area is 113 Å². The number of hydrogen-bond donors (Lipinski definition) is 0. The first-order chi connectivity index (χ1) is 9.34. The second-order valence-corrected chi connectivity index (χ2v) is 4.56. The lowest BCUT2D eigenvalue weighted by Gasteiger charge is -2.10. The number of carbonyl (C=O) groups excluding carboxylic acids is 1. The first kappa shape index (κ1) is 14.0. The molecule has 0 bridgehead atoms. The van der Waals surface area contributed by atoms with Gasteiger partial charge in [0.2, 0.25) is 0 Å². The van der Waals surface area contributed by atoms with Crippen LogP contribution in [0.2, 0.25) is 0 Å². The summed E-state index contributed by atoms with van der Waals surface area (Å²) >= 11 is 0. The molecule has 0 radical (unpaired) electrons. The van der Waals surface area contributed by atoms with E-state index in [-0.39, 0.29) is 12.3 Å². The van der Waals surface area contributed by atoms with Crippen LogP contribution in [0.3, 0.4) is 0 Å². The molecule has 0 saturated carbocycles. The molecule has 1 fully saturated rings. The van der Waals surface area contributed by atoms with Crippen LogP contribution in [0.25, 0.3) is 0 Å². The van der Waals surface area contributed by atoms with Gasteiger partial charge in [0.15, 0.2) is 6.29 Å². The molecule has 1 aromatic rings. The van der Waals surface area contributed by atoms with Gasteiger partial charge in [-0.05, 0) is 18.4 Å². The highest BCUT2D eigenvalue weighted by atomic mass is 16.7. The summed E-state index contributed by atoms with van der Waals surface area (Å²) in [5, 5.41) is 0. The van der Waals surface area contributed by atoms with Gasteiger partial charge < -0.3 is 14.2 Å². The Morgan fingerprint density at radius 2 is 2.16 bits per heavy atom. The van der Waals surface area contributed by atoms with Gasteiger partial charge in [-0.15, -0.1) is 0 Å². The van der Waals surface area contributed by atoms with Crippen molar-refractivity contribution in [3.63, 3.8) is 0 Å². The molecule has 1 atom stereocenters. The Bertz CT molecular complexity index is 371. The van der Waals surface area contributed by atoms with Gasteiger partial charge in [0.1, 0.15) is 6.61 Å². The van der Waals surface area contributed by atoms with Gasteiger partial charge in [0.25, 0.3) is 0 Å². The molecule has 1 saturated heterocycles. The van der Waals surface area contributed by atoms with Crippen molar-refractivity contribution in [1.82, 2.24) is 0 Å². The maximum atomic E-state index is 11.5. The molecule has 0 amide bonds. The van der Waals surface area contributed by atoms with E-state index in [1.165, 1.54) is 0 Å². The van der Waals surface area contributed by atoms with E-state index in [9.17, 15) is 4.79 Å². The van der Waals surface area contributed by atoms with Gasteiger partial charge in [-0.25, -0.2) is 0 Å². The molecule has 19 heavy (non-hydrogen) atoms. The van der Waals surface area contributed by atoms with Crippen molar-refractivity contribution in [1.29, 1.82) is 0 Å². The van der Waals surface area contributed by atoms with Crippen LogP contribution in [0.5, 0.6) is 0 Å². The molecule has 0 aromatic heterocycles. The molecular weight excluding hydrogens is 244 g/mol. The molecular formula is C15H20O4. The second kappa shape index (κ2) is 7.92. The lowest BCUT2D eigenvalue weighted by molar-refractivity contribution is -0.146. The molecule has 104 valence electrons. The van der Waals surface area contributed by atoms with E-state index in [0.29, 0.717) is 26.1 Å². The minimum absolute atomic E-state index is 0.0691. The lowest BCUT2D eigenvalue weighted by Crippen LogP contribution is -2.13. The van der Waals surface area contributed by atoms with Gasteiger partial charge in [-0.3, -0.25) is 4.79 Å². The second-order valence-electron chi connectivity index (χ2n) is 4.56. The fourth-order valence-electron chi connectivity index (χ4n) is 1.92. The topological polar surface area (TPSA) is 44.8 Å². The van der Waals surface area contributed by atoms with Crippen LogP contribution in [-0.2, 0) is 25.6 Å². The summed E-state index contributed by atoms with van der Waals surface area (Å²) in [5.74, 6) is -0.181. The Balaban J connectivity index is 1.52. The smallest absolute Gasteiger partial charge is 0.306 e. The van der Waals surface area contributed by atoms with Gasteiger partial charge in [0.05, 0.1) is 6.61 Å². The Hall–Kier alpha value is -1.39. The summed E-state index contributed by atoms with van der Waals surface area (Å²) in [6.45, 7) is 1.67. The first-order valence-electron chi connectivity index (χ1n) is 6.77. The maximum absolute atomic E-state index is 11.5. The number of hydrogen-bond acceptors (Lipinski definition) is 4. The van der Waals surface area contributed by atoms with Crippen LogP contribution >= 0.6 is 0 Å². The number of ether oxygens (including phenoxy) is 3. The Morgan fingerprint density at radius 3 is 2.89 bits per heavy atom. The molecule has 0 aliphatic carbocycles. The Morgan fingerprint density at radius 1 is 1.32 bits per heavy atom. The summed E-state index contributed by atoms with van der Waals surface area (Å²) in [4.78, 5) is 11.5. The molecule has 0 spiro atoms. The Kier molecular flexibility index (Phi) is 5.85. The van der Waals surface area contributed by atoms with E-state index < -0.39 is 0 Å². The largest absolute Gasteiger partial charge is 0.461 e. The summed E-state index contributed by atoms with van der Waals surface area (Å²) in [7, 11) is 0. The van der Waals surface area contributed by atoms with Crippen molar-refractivity contribution in [3.8, 4) is 0 Å². The van der Waals surface area contributed by atoms with Gasteiger partial charge in [0, 0.05) is 19.4 Å². The average Bonchev–Trinajstić information content (AvgIpc) is 2.96. The maximum Gasteiger partial charge on any atom is 0.306 e. The predicted octanol–water partition coefficient (Wildman–Crippen LogP) is 2.66. The number of rotatable bonds is 7. The predicted molar refractivity (Wildman–Crippen MR) is 70.4 cm³/mol. The molecule has 0 N–H and O–H groups in total. The summed E-state index contributed by atoms with van der Waals surface area (Å²) in [6.07, 6.45) is 3.01. The van der Waals surface area contributed by atoms with Crippen molar-refractivity contribution in [2.75, 3.05) is 13.2 Å². The van der Waals surface area contributed by atoms with Crippen LogP contribution in [0.15, 0.2) is 30.3 Å². The molecule has 4 nitrogen and oxygen atoms in total. The van der Waals surface area contributed by atoms with E-state index in [2.05, 4.69) is 0 Å². The van der Waals surface area contributed by atoms with Crippen LogP contribution in [0.4, 0.5) is 0 Å². The molecule has 2 rings (SSSR count). The molecule has 1 aromatic carbocycles. The van der Waals surface area contributed by atoms with Crippen molar-refractivity contribution >= 4 is 5.97 Å². The fraction of sp³-hybridized carbons (Fsp3) is 0.533. The SMILES string of the molecule is O=C(CCCOC1CCCO1)OCc1ccccc1. The summed E-state index contributed by atoms with van der Waals surface area (Å²) in [6, 6.07) is 9.67. The highest BCUT2D eigenvalue weighted by Gasteiger charge is 2.15. The third-order valence-electron chi connectivity index (χ3n) is 2.96. The lowest BCUT2D eigenvalue weighted by atomic mass is 10.2. The van der Waals surface area contributed by atoms with Gasteiger partial charge in [-0.1, -0.05) is 30.3 Å². The van der Waals surface area contributed by atoms with Crippen LogP contribution in [-0.4, -0.2) is 25.5 Å². The number of esters is 1. The standard InChI is InChI=1S/C15H20O4/c16-14(19-12-13-6-2-1-3-7-13)8-4-10-17-15-9-5-11-18-15/h1-3,6-7,15H,4-5,8-12H2. The number of carbonyl (C=O) groups is 1. The highest BCUT2D eigenvalue weighted by Crippen LogP contribution is 2.13. The zero-order valence-corrected chi connectivity index (χ0v) is 11.0. The molecule has 1 aliphatic heterocycles. The van der Waals surface area contributed by atoms with Gasteiger partial charge in [-0.2, -0.15) is 0 Å². The zero-order valence-electron chi connectivity index (χ0n) is 11.0. The minimum Gasteiger partial charge on any atom is -0.461 e. The molecule has 1 aliphatic rings. The van der Waals surface area contributed by atoms with Crippen molar-refractivity contribution in [2.24, 2.45) is 0 Å². The quantitative estimate of drug-likeness (QED) is 0.561. The first-order valence-corrected chi connectivity index (χ1v) is 6.77. The monoisotopic (exact) mass is 264 g/mol. The summed E-state index contributed by atoms with van der Waals surface area (Å²) < 4.78 is 16.0. The highest BCUT2D eigenvalue weighted by molar-refractivity contribution is 5.69. The normalized spacial score (nSPS) is 18.4. The zero-order chi connectivity index (χ0) is 13.3. The van der Waals surface area contributed by atoms with Crippen molar-refractivity contribution in [2.45, 2.75) is 38.6 Å². The third kappa shape index (κ3) is 5.41. The van der Waals surface area contributed by atoms with Crippen LogP contribution in [0.1, 0.15) is 31.2 Å². The van der Waals surface area contributed by atoms with Crippen LogP contribution < -0.4 is 0 Å². The van der Waals surface area contributed by atoms with E-state index in [1.54, 1.807) is 0 Å². The molecule has 1 unspecified atom stereocenters. The molecule has 1 heterocycles. The average molecular weight is 264 g/mol. The molecule has 4 heteroatoms.